The molecule has 8 nitrogen and oxygen atoms in total. The minimum absolute atomic E-state index is 0.457. The molecule has 0 radical (unpaired) electrons. The van der Waals surface area contributed by atoms with E-state index in [1.807, 2.05) is 0 Å². The van der Waals surface area contributed by atoms with Gasteiger partial charge < -0.3 is 24.8 Å². The first-order chi connectivity index (χ1) is 7.15. The van der Waals surface area contributed by atoms with Crippen molar-refractivity contribution in [2.45, 2.75) is 30.6 Å². The Morgan fingerprint density at radius 1 is 1.47 bits per heavy atom. The molecule has 0 aromatic heterocycles. The third-order valence-electron chi connectivity index (χ3n) is 2.27. The number of methoxy groups -OCH3 is 1. The summed E-state index contributed by atoms with van der Waals surface area (Å²) in [5.74, 6) is 0. The summed E-state index contributed by atoms with van der Waals surface area (Å²) in [5.41, 5.74) is 8.26. The third kappa shape index (κ3) is 2.37. The molecule has 0 amide bonds. The lowest BCUT2D eigenvalue weighted by Crippen LogP contribution is -2.58. The lowest BCUT2D eigenvalue weighted by Gasteiger charge is -2.39. The molecule has 1 heterocycles. The summed E-state index contributed by atoms with van der Waals surface area (Å²) in [5, 5.41) is 31.2. The Balaban J connectivity index is 2.83. The summed E-state index contributed by atoms with van der Waals surface area (Å²) in [6.45, 7) is -0.457. The van der Waals surface area contributed by atoms with Gasteiger partial charge in [-0.1, -0.05) is 5.11 Å². The normalized spacial score (nSPS) is 40.9. The Kier molecular flexibility index (Phi) is 4.28. The molecule has 0 spiro atoms. The third-order valence-corrected chi connectivity index (χ3v) is 2.27. The van der Waals surface area contributed by atoms with Crippen molar-refractivity contribution in [1.29, 1.82) is 0 Å². The zero-order valence-corrected chi connectivity index (χ0v) is 8.09. The first-order valence-corrected chi connectivity index (χ1v) is 4.35. The lowest BCUT2D eigenvalue weighted by atomic mass is 9.98. The van der Waals surface area contributed by atoms with Crippen molar-refractivity contribution in [2.75, 3.05) is 13.7 Å². The van der Waals surface area contributed by atoms with Gasteiger partial charge in [-0.3, -0.25) is 0 Å². The highest BCUT2D eigenvalue weighted by molar-refractivity contribution is 4.93. The largest absolute Gasteiger partial charge is 0.394 e. The van der Waals surface area contributed by atoms with Crippen LogP contribution in [0.3, 0.4) is 0 Å². The Morgan fingerprint density at radius 2 is 2.13 bits per heavy atom. The molecule has 5 atom stereocenters. The van der Waals surface area contributed by atoms with Crippen molar-refractivity contribution in [3.8, 4) is 0 Å². The van der Waals surface area contributed by atoms with E-state index in [1.165, 1.54) is 7.11 Å². The van der Waals surface area contributed by atoms with Gasteiger partial charge in [0.15, 0.2) is 6.29 Å². The molecule has 0 aliphatic carbocycles. The Labute approximate surface area is 85.7 Å². The Bertz CT molecular complexity index is 255. The smallest absolute Gasteiger partial charge is 0.168 e. The van der Waals surface area contributed by atoms with Crippen molar-refractivity contribution in [2.24, 2.45) is 5.11 Å². The van der Waals surface area contributed by atoms with E-state index in [0.29, 0.717) is 0 Å². The zero-order valence-electron chi connectivity index (χ0n) is 8.09. The first-order valence-electron chi connectivity index (χ1n) is 4.35. The molecule has 1 saturated heterocycles. The molecule has 3 N–H and O–H groups in total. The highest BCUT2D eigenvalue weighted by atomic mass is 16.7. The molecule has 86 valence electrons. The summed E-state index contributed by atoms with van der Waals surface area (Å²) < 4.78 is 9.92. The zero-order chi connectivity index (χ0) is 11.4. The second kappa shape index (κ2) is 5.26. The fraction of sp³-hybridized carbons (Fsp3) is 1.00. The molecule has 0 saturated carbocycles. The van der Waals surface area contributed by atoms with Gasteiger partial charge in [0.1, 0.15) is 18.2 Å². The maximum Gasteiger partial charge on any atom is 0.168 e. The van der Waals surface area contributed by atoms with Crippen LogP contribution >= 0.6 is 0 Å². The van der Waals surface area contributed by atoms with E-state index >= 15 is 0 Å². The van der Waals surface area contributed by atoms with E-state index < -0.39 is 37.3 Å². The molecule has 1 rings (SSSR count). The van der Waals surface area contributed by atoms with Gasteiger partial charge in [-0.25, -0.2) is 0 Å². The van der Waals surface area contributed by atoms with E-state index in [2.05, 4.69) is 10.0 Å². The monoisotopic (exact) mass is 219 g/mol. The Hall–Kier alpha value is -0.890. The van der Waals surface area contributed by atoms with Gasteiger partial charge in [-0.2, -0.15) is 0 Å². The molecule has 0 aromatic rings. The number of nitrogens with zero attached hydrogens (tertiary/aromatic N) is 3. The summed E-state index contributed by atoms with van der Waals surface area (Å²) >= 11 is 0. The van der Waals surface area contributed by atoms with Crippen LogP contribution in [0.2, 0.25) is 0 Å². The van der Waals surface area contributed by atoms with Gasteiger partial charge in [0.05, 0.1) is 12.7 Å². The van der Waals surface area contributed by atoms with Gasteiger partial charge in [-0.15, -0.1) is 0 Å². The molecule has 0 aromatic carbocycles. The molecule has 1 fully saturated rings. The molecule has 0 unspecified atom stereocenters. The molecular formula is C7H13N3O5. The van der Waals surface area contributed by atoms with Crippen LogP contribution in [0, 0.1) is 0 Å². The van der Waals surface area contributed by atoms with Crippen LogP contribution in [-0.4, -0.2) is 59.7 Å². The van der Waals surface area contributed by atoms with Gasteiger partial charge in [-0.05, 0) is 5.53 Å². The topological polar surface area (TPSA) is 128 Å². The average Bonchev–Trinajstić information content (AvgIpc) is 2.25. The molecule has 8 heteroatoms. The van der Waals surface area contributed by atoms with Gasteiger partial charge in [0, 0.05) is 12.0 Å². The van der Waals surface area contributed by atoms with E-state index in [0.717, 1.165) is 0 Å². The molecule has 15 heavy (non-hydrogen) atoms. The van der Waals surface area contributed by atoms with Crippen molar-refractivity contribution in [1.82, 2.24) is 0 Å². The number of hydrogen-bond acceptors (Lipinski definition) is 6. The number of ether oxygens (including phenoxy) is 2. The van der Waals surface area contributed by atoms with Gasteiger partial charge in [0.25, 0.3) is 0 Å². The number of aliphatic hydroxyl groups is 3. The first kappa shape index (κ1) is 12.2. The number of azide groups is 1. The standard InChI is InChI=1S/C7H13N3O5/c1-14-7-4(9-10-8)6(13)5(12)3(2-11)15-7/h3-7,11-13H,2H2,1H3/t3-,4-,5-,6-,7-/m1/s1. The van der Waals surface area contributed by atoms with Crippen molar-refractivity contribution in [3.63, 3.8) is 0 Å². The number of aliphatic hydroxyl groups excluding tert-OH is 3. The quantitative estimate of drug-likeness (QED) is 0.310. The fourth-order valence-corrected chi connectivity index (χ4v) is 1.44. The minimum Gasteiger partial charge on any atom is -0.394 e. The average molecular weight is 219 g/mol. The summed E-state index contributed by atoms with van der Waals surface area (Å²) in [6.07, 6.45) is -4.56. The van der Waals surface area contributed by atoms with Crippen LogP contribution in [0.15, 0.2) is 5.11 Å². The number of hydrogen-bond donors (Lipinski definition) is 3. The van der Waals surface area contributed by atoms with Gasteiger partial charge >= 0.3 is 0 Å². The molecule has 1 aliphatic heterocycles. The van der Waals surface area contributed by atoms with Crippen LogP contribution in [0.1, 0.15) is 0 Å². The second-order valence-corrected chi connectivity index (χ2v) is 3.14. The second-order valence-electron chi connectivity index (χ2n) is 3.14. The predicted molar refractivity (Wildman–Crippen MR) is 47.7 cm³/mol. The predicted octanol–water partition coefficient (Wildman–Crippen LogP) is -1.25. The van der Waals surface area contributed by atoms with Crippen LogP contribution in [-0.2, 0) is 9.47 Å². The fourth-order valence-electron chi connectivity index (χ4n) is 1.44. The van der Waals surface area contributed by atoms with E-state index in [9.17, 15) is 10.2 Å². The maximum atomic E-state index is 9.59. The summed E-state index contributed by atoms with van der Waals surface area (Å²) in [4.78, 5) is 2.52. The van der Waals surface area contributed by atoms with E-state index in [-0.39, 0.29) is 0 Å². The minimum atomic E-state index is -1.32. The molecular weight excluding hydrogens is 206 g/mol. The SMILES string of the molecule is CO[C@@H]1O[C@H](CO)[C@@H](O)[C@H](O)[C@H]1N=[N+]=[N-]. The molecule has 0 bridgehead atoms. The van der Waals surface area contributed by atoms with E-state index in [1.54, 1.807) is 0 Å². The van der Waals surface area contributed by atoms with Gasteiger partial charge in [0.2, 0.25) is 0 Å². The number of rotatable bonds is 3. The van der Waals surface area contributed by atoms with Crippen molar-refractivity contribution >= 4 is 0 Å². The highest BCUT2D eigenvalue weighted by Gasteiger charge is 2.43. The van der Waals surface area contributed by atoms with Crippen molar-refractivity contribution < 1.29 is 24.8 Å². The van der Waals surface area contributed by atoms with Crippen molar-refractivity contribution in [3.05, 3.63) is 10.4 Å². The summed E-state index contributed by atoms with van der Waals surface area (Å²) in [6, 6.07) is -1.03. The van der Waals surface area contributed by atoms with E-state index in [4.69, 9.17) is 20.1 Å². The van der Waals surface area contributed by atoms with Crippen LogP contribution in [0.5, 0.6) is 0 Å². The maximum absolute atomic E-state index is 9.59. The van der Waals surface area contributed by atoms with Crippen LogP contribution in [0.25, 0.3) is 10.4 Å². The summed E-state index contributed by atoms with van der Waals surface area (Å²) in [7, 11) is 1.31. The lowest BCUT2D eigenvalue weighted by molar-refractivity contribution is -0.257. The highest BCUT2D eigenvalue weighted by Crippen LogP contribution is 2.23. The Morgan fingerprint density at radius 3 is 2.60 bits per heavy atom. The van der Waals surface area contributed by atoms with Crippen LogP contribution in [0.4, 0.5) is 0 Å². The molecule has 1 aliphatic rings. The van der Waals surface area contributed by atoms with Crippen LogP contribution < -0.4 is 0 Å².